The van der Waals surface area contributed by atoms with Crippen LogP contribution < -0.4 is 0 Å². The van der Waals surface area contributed by atoms with Gasteiger partial charge in [0.25, 0.3) is 0 Å². The van der Waals surface area contributed by atoms with Crippen LogP contribution in [0.3, 0.4) is 0 Å². The highest BCUT2D eigenvalue weighted by atomic mass is 19.4. The van der Waals surface area contributed by atoms with E-state index in [1.165, 1.54) is 12.2 Å². The average Bonchev–Trinajstić information content (AvgIpc) is 2.07. The van der Waals surface area contributed by atoms with E-state index in [4.69, 9.17) is 0 Å². The molecule has 0 fully saturated rings. The van der Waals surface area contributed by atoms with Crippen molar-refractivity contribution in [1.29, 1.82) is 0 Å². The molecule has 1 unspecified atom stereocenters. The summed E-state index contributed by atoms with van der Waals surface area (Å²) in [4.78, 5) is 1.86. The Bertz CT molecular complexity index is 276. The van der Waals surface area contributed by atoms with Crippen molar-refractivity contribution in [2.24, 2.45) is 0 Å². The van der Waals surface area contributed by atoms with Gasteiger partial charge in [-0.1, -0.05) is 6.92 Å². The zero-order valence-electron chi connectivity index (χ0n) is 8.52. The number of hydrogen-bond donors (Lipinski definition) is 0. The summed E-state index contributed by atoms with van der Waals surface area (Å²) in [5.41, 5.74) is 0.131. The zero-order chi connectivity index (χ0) is 10.9. The third-order valence-electron chi connectivity index (χ3n) is 2.54. The number of nitrogens with zero attached hydrogens (tertiary/aromatic N) is 1. The second-order valence-corrected chi connectivity index (χ2v) is 3.49. The van der Waals surface area contributed by atoms with Crippen molar-refractivity contribution in [3.05, 3.63) is 23.4 Å². The van der Waals surface area contributed by atoms with Gasteiger partial charge in [0, 0.05) is 18.8 Å². The van der Waals surface area contributed by atoms with Gasteiger partial charge in [-0.2, -0.15) is 13.2 Å². The molecule has 0 radical (unpaired) electrons. The molecule has 0 saturated carbocycles. The van der Waals surface area contributed by atoms with Crippen LogP contribution in [0.2, 0.25) is 0 Å². The Labute approximate surface area is 81.9 Å². The fourth-order valence-electron chi connectivity index (χ4n) is 1.52. The second-order valence-electron chi connectivity index (χ2n) is 3.49. The van der Waals surface area contributed by atoms with Gasteiger partial charge in [0.05, 0.1) is 5.57 Å². The van der Waals surface area contributed by atoms with Crippen LogP contribution in [0, 0.1) is 0 Å². The average molecular weight is 205 g/mol. The number of likely N-dealkylation sites (N-methyl/N-ethyl adjacent to an activating group) is 1. The monoisotopic (exact) mass is 205 g/mol. The Balaban J connectivity index is 2.99. The van der Waals surface area contributed by atoms with Crippen molar-refractivity contribution in [1.82, 2.24) is 4.90 Å². The van der Waals surface area contributed by atoms with Gasteiger partial charge in [-0.05, 0) is 25.5 Å². The first-order valence-corrected chi connectivity index (χ1v) is 4.56. The van der Waals surface area contributed by atoms with E-state index in [-0.39, 0.29) is 6.04 Å². The molecule has 14 heavy (non-hydrogen) atoms. The molecule has 0 saturated heterocycles. The SMILES string of the molecule is CCC1C=C(C(F)(F)F)C=C(C)N1C. The number of rotatable bonds is 1. The first-order valence-electron chi connectivity index (χ1n) is 4.56. The van der Waals surface area contributed by atoms with Gasteiger partial charge in [-0.3, -0.25) is 0 Å². The highest BCUT2D eigenvalue weighted by Gasteiger charge is 2.35. The van der Waals surface area contributed by atoms with Crippen LogP contribution in [0.15, 0.2) is 23.4 Å². The summed E-state index contributed by atoms with van der Waals surface area (Å²) in [6, 6.07) is -0.142. The molecule has 0 spiro atoms. The lowest BCUT2D eigenvalue weighted by atomic mass is 10.0. The molecule has 1 atom stereocenters. The Kier molecular flexibility index (Phi) is 2.92. The molecule has 0 aromatic carbocycles. The predicted octanol–water partition coefficient (Wildman–Crippen LogP) is 3.10. The fourth-order valence-corrected chi connectivity index (χ4v) is 1.52. The molecule has 1 aliphatic rings. The Hall–Kier alpha value is -0.930. The Morgan fingerprint density at radius 1 is 1.43 bits per heavy atom. The van der Waals surface area contributed by atoms with Crippen molar-refractivity contribution < 1.29 is 13.2 Å². The highest BCUT2D eigenvalue weighted by molar-refractivity contribution is 5.32. The van der Waals surface area contributed by atoms with Gasteiger partial charge in [0.2, 0.25) is 0 Å². The van der Waals surface area contributed by atoms with Crippen LogP contribution in [-0.4, -0.2) is 24.2 Å². The summed E-state index contributed by atoms with van der Waals surface area (Å²) >= 11 is 0. The fraction of sp³-hybridized carbons (Fsp3) is 0.600. The molecule has 1 nitrogen and oxygen atoms in total. The lowest BCUT2D eigenvalue weighted by Crippen LogP contribution is -2.32. The van der Waals surface area contributed by atoms with Crippen molar-refractivity contribution in [3.63, 3.8) is 0 Å². The topological polar surface area (TPSA) is 3.24 Å². The van der Waals surface area contributed by atoms with Gasteiger partial charge in [0.1, 0.15) is 0 Å². The summed E-state index contributed by atoms with van der Waals surface area (Å²) in [6.07, 6.45) is -1.07. The molecular weight excluding hydrogens is 191 g/mol. The van der Waals surface area contributed by atoms with E-state index < -0.39 is 11.7 Å². The molecule has 1 heterocycles. The summed E-state index contributed by atoms with van der Waals surface area (Å²) in [5.74, 6) is 0. The molecule has 80 valence electrons. The Morgan fingerprint density at radius 2 is 2.00 bits per heavy atom. The van der Waals surface area contributed by atoms with Crippen LogP contribution in [0.1, 0.15) is 20.3 Å². The molecule has 0 aliphatic carbocycles. The van der Waals surface area contributed by atoms with Crippen molar-refractivity contribution in [2.75, 3.05) is 7.05 Å². The third-order valence-corrected chi connectivity index (χ3v) is 2.54. The van der Waals surface area contributed by atoms with Gasteiger partial charge < -0.3 is 4.90 Å². The van der Waals surface area contributed by atoms with E-state index in [1.54, 1.807) is 6.92 Å². The summed E-state index contributed by atoms with van der Waals surface area (Å²) in [7, 11) is 1.81. The van der Waals surface area contributed by atoms with Gasteiger partial charge >= 0.3 is 6.18 Å². The maximum Gasteiger partial charge on any atom is 0.416 e. The molecule has 0 aromatic heterocycles. The normalized spacial score (nSPS) is 23.3. The number of hydrogen-bond acceptors (Lipinski definition) is 1. The first kappa shape index (κ1) is 11.1. The van der Waals surface area contributed by atoms with E-state index in [9.17, 15) is 13.2 Å². The van der Waals surface area contributed by atoms with E-state index in [1.807, 2.05) is 18.9 Å². The minimum absolute atomic E-state index is 0.142. The Morgan fingerprint density at radius 3 is 2.43 bits per heavy atom. The van der Waals surface area contributed by atoms with Crippen LogP contribution in [0.25, 0.3) is 0 Å². The molecule has 1 rings (SSSR count). The quantitative estimate of drug-likeness (QED) is 0.635. The molecular formula is C10H14F3N. The van der Waals surface area contributed by atoms with Crippen molar-refractivity contribution >= 4 is 0 Å². The standard InChI is InChI=1S/C10H14F3N/c1-4-9-6-8(10(11,12)13)5-7(2)14(9)3/h5-6,9H,4H2,1-3H3. The maximum atomic E-state index is 12.4. The van der Waals surface area contributed by atoms with Crippen LogP contribution in [-0.2, 0) is 0 Å². The first-order chi connectivity index (χ1) is 6.36. The summed E-state index contributed by atoms with van der Waals surface area (Å²) in [6.45, 7) is 3.58. The van der Waals surface area contributed by atoms with E-state index in [0.717, 1.165) is 0 Å². The lowest BCUT2D eigenvalue weighted by molar-refractivity contribution is -0.0894. The predicted molar refractivity (Wildman–Crippen MR) is 49.7 cm³/mol. The number of halogens is 3. The number of allylic oxidation sites excluding steroid dienone is 3. The third kappa shape index (κ3) is 2.11. The molecule has 0 N–H and O–H groups in total. The van der Waals surface area contributed by atoms with Crippen molar-refractivity contribution in [2.45, 2.75) is 32.5 Å². The van der Waals surface area contributed by atoms with Gasteiger partial charge in [-0.15, -0.1) is 0 Å². The molecule has 0 amide bonds. The molecule has 0 aromatic rings. The van der Waals surface area contributed by atoms with Crippen LogP contribution in [0.4, 0.5) is 13.2 Å². The summed E-state index contributed by atoms with van der Waals surface area (Å²) < 4.78 is 37.3. The van der Waals surface area contributed by atoms with E-state index >= 15 is 0 Å². The molecule has 1 aliphatic heterocycles. The van der Waals surface area contributed by atoms with E-state index in [0.29, 0.717) is 12.1 Å². The van der Waals surface area contributed by atoms with Gasteiger partial charge in [-0.25, -0.2) is 0 Å². The number of alkyl halides is 3. The van der Waals surface area contributed by atoms with Crippen LogP contribution >= 0.6 is 0 Å². The largest absolute Gasteiger partial charge is 0.416 e. The molecule has 4 heteroatoms. The zero-order valence-corrected chi connectivity index (χ0v) is 8.52. The van der Waals surface area contributed by atoms with Gasteiger partial charge in [0.15, 0.2) is 0 Å². The van der Waals surface area contributed by atoms with Crippen LogP contribution in [0.5, 0.6) is 0 Å². The lowest BCUT2D eigenvalue weighted by Gasteiger charge is -2.32. The van der Waals surface area contributed by atoms with Crippen molar-refractivity contribution in [3.8, 4) is 0 Å². The maximum absolute atomic E-state index is 12.4. The molecule has 0 bridgehead atoms. The second kappa shape index (κ2) is 3.67. The minimum atomic E-state index is -4.23. The minimum Gasteiger partial charge on any atom is -0.372 e. The van der Waals surface area contributed by atoms with E-state index in [2.05, 4.69) is 0 Å². The smallest absolute Gasteiger partial charge is 0.372 e. The highest BCUT2D eigenvalue weighted by Crippen LogP contribution is 2.32. The summed E-state index contributed by atoms with van der Waals surface area (Å²) in [5, 5.41) is 0.